The summed E-state index contributed by atoms with van der Waals surface area (Å²) in [6.07, 6.45) is -3.07. The molecule has 11 heteroatoms. The van der Waals surface area contributed by atoms with Gasteiger partial charge in [-0.2, -0.15) is 18.4 Å². The Labute approximate surface area is 166 Å². The molecule has 1 atom stereocenters. The second-order valence-corrected chi connectivity index (χ2v) is 6.72. The summed E-state index contributed by atoms with van der Waals surface area (Å²) in [7, 11) is 0. The summed E-state index contributed by atoms with van der Waals surface area (Å²) in [5, 5.41) is 21.3. The number of carbonyl (C=O) groups is 1. The Balaban J connectivity index is 1.86. The highest BCUT2D eigenvalue weighted by molar-refractivity contribution is 5.97. The van der Waals surface area contributed by atoms with E-state index < -0.39 is 52.8 Å². The normalized spacial score (nSPS) is 13.7. The fourth-order valence-electron chi connectivity index (χ4n) is 2.86. The molecule has 0 saturated heterocycles. The third-order valence-electron chi connectivity index (χ3n) is 4.32. The van der Waals surface area contributed by atoms with Gasteiger partial charge in [-0.15, -0.1) is 0 Å². The monoisotopic (exact) mass is 424 g/mol. The summed E-state index contributed by atoms with van der Waals surface area (Å²) in [5.41, 5.74) is -4.57. The van der Waals surface area contributed by atoms with Crippen molar-refractivity contribution in [3.8, 4) is 6.07 Å². The largest absolute Gasteiger partial charge is 0.419 e. The molecule has 30 heavy (non-hydrogen) atoms. The standard InChI is InChI=1S/C19H13F5N4O2/c1-18(30,9-28-8-14(21)12-4-10(20)2-3-16(12)28)17(29)27-11-5-13(19(22,23)24)15(6-25)26-7-11/h2-5,7-8,30H,9H2,1H3,(H,27,29). The molecule has 1 amide bonds. The van der Waals surface area contributed by atoms with Crippen LogP contribution >= 0.6 is 0 Å². The molecular formula is C19H13F5N4O2. The molecule has 0 aliphatic rings. The average Bonchev–Trinajstić information content (AvgIpc) is 2.95. The number of carbonyl (C=O) groups excluding carboxylic acids is 1. The first kappa shape index (κ1) is 21.2. The van der Waals surface area contributed by atoms with Gasteiger partial charge in [0.1, 0.15) is 17.7 Å². The molecule has 1 aromatic carbocycles. The molecule has 2 heterocycles. The van der Waals surface area contributed by atoms with E-state index in [-0.39, 0.29) is 10.9 Å². The Morgan fingerprint density at radius 2 is 2.00 bits per heavy atom. The van der Waals surface area contributed by atoms with Gasteiger partial charge in [-0.05, 0) is 31.2 Å². The van der Waals surface area contributed by atoms with Crippen molar-refractivity contribution in [2.24, 2.45) is 0 Å². The number of nitriles is 1. The van der Waals surface area contributed by atoms with Crippen LogP contribution in [0.2, 0.25) is 0 Å². The minimum absolute atomic E-state index is 0.0580. The zero-order valence-electron chi connectivity index (χ0n) is 15.3. The number of nitrogens with one attached hydrogen (secondary N) is 1. The van der Waals surface area contributed by atoms with Crippen LogP contribution in [0.15, 0.2) is 36.7 Å². The van der Waals surface area contributed by atoms with Crippen molar-refractivity contribution in [2.75, 3.05) is 5.32 Å². The number of hydrogen-bond donors (Lipinski definition) is 2. The van der Waals surface area contributed by atoms with Gasteiger partial charge in [-0.25, -0.2) is 13.8 Å². The Bertz CT molecular complexity index is 1180. The van der Waals surface area contributed by atoms with E-state index in [1.165, 1.54) is 16.7 Å². The maximum Gasteiger partial charge on any atom is 0.419 e. The number of amides is 1. The van der Waals surface area contributed by atoms with E-state index in [4.69, 9.17) is 5.26 Å². The Kier molecular flexibility index (Phi) is 5.22. The van der Waals surface area contributed by atoms with Crippen molar-refractivity contribution in [3.05, 3.63) is 59.6 Å². The summed E-state index contributed by atoms with van der Waals surface area (Å²) in [4.78, 5) is 15.8. The number of aromatic nitrogens is 2. The van der Waals surface area contributed by atoms with Gasteiger partial charge in [0.05, 0.1) is 29.5 Å². The van der Waals surface area contributed by atoms with Gasteiger partial charge in [-0.1, -0.05) is 0 Å². The lowest BCUT2D eigenvalue weighted by Gasteiger charge is -2.23. The van der Waals surface area contributed by atoms with Crippen LogP contribution in [0, 0.1) is 23.0 Å². The first-order chi connectivity index (χ1) is 13.9. The molecule has 0 aliphatic carbocycles. The van der Waals surface area contributed by atoms with Crippen LogP contribution in [0.5, 0.6) is 0 Å². The van der Waals surface area contributed by atoms with Gasteiger partial charge in [-0.3, -0.25) is 4.79 Å². The van der Waals surface area contributed by atoms with Gasteiger partial charge < -0.3 is 15.0 Å². The smallest absolute Gasteiger partial charge is 0.378 e. The third-order valence-corrected chi connectivity index (χ3v) is 4.32. The molecule has 156 valence electrons. The van der Waals surface area contributed by atoms with Crippen LogP contribution in [0.4, 0.5) is 27.6 Å². The average molecular weight is 424 g/mol. The zero-order valence-corrected chi connectivity index (χ0v) is 15.3. The van der Waals surface area contributed by atoms with Gasteiger partial charge >= 0.3 is 6.18 Å². The van der Waals surface area contributed by atoms with Crippen molar-refractivity contribution < 1.29 is 31.9 Å². The Hall–Kier alpha value is -3.52. The van der Waals surface area contributed by atoms with Crippen LogP contribution in [-0.4, -0.2) is 26.2 Å². The van der Waals surface area contributed by atoms with E-state index in [0.29, 0.717) is 6.07 Å². The van der Waals surface area contributed by atoms with E-state index in [0.717, 1.165) is 31.5 Å². The van der Waals surface area contributed by atoms with Crippen LogP contribution < -0.4 is 5.32 Å². The van der Waals surface area contributed by atoms with Gasteiger partial charge in [0.25, 0.3) is 5.91 Å². The number of halogens is 5. The fraction of sp³-hybridized carbons (Fsp3) is 0.211. The number of anilines is 1. The van der Waals surface area contributed by atoms with E-state index in [1.54, 1.807) is 0 Å². The van der Waals surface area contributed by atoms with E-state index in [2.05, 4.69) is 10.3 Å². The molecule has 2 N–H and O–H groups in total. The minimum Gasteiger partial charge on any atom is -0.378 e. The van der Waals surface area contributed by atoms with Crippen LogP contribution in [0.3, 0.4) is 0 Å². The lowest BCUT2D eigenvalue weighted by molar-refractivity contribution is -0.138. The van der Waals surface area contributed by atoms with E-state index >= 15 is 0 Å². The molecular weight excluding hydrogens is 411 g/mol. The van der Waals surface area contributed by atoms with Crippen molar-refractivity contribution >= 4 is 22.5 Å². The number of benzene rings is 1. The maximum absolute atomic E-state index is 14.0. The van der Waals surface area contributed by atoms with Crippen molar-refractivity contribution in [2.45, 2.75) is 25.2 Å². The SMILES string of the molecule is CC(O)(Cn1cc(F)c2cc(F)ccc21)C(=O)Nc1cnc(C#N)c(C(F)(F)F)c1. The summed E-state index contributed by atoms with van der Waals surface area (Å²) in [6, 6.07) is 5.13. The van der Waals surface area contributed by atoms with Crippen LogP contribution in [0.25, 0.3) is 10.9 Å². The maximum atomic E-state index is 14.0. The lowest BCUT2D eigenvalue weighted by Crippen LogP contribution is -2.43. The summed E-state index contributed by atoms with van der Waals surface area (Å²) >= 11 is 0. The van der Waals surface area contributed by atoms with Gasteiger partial charge in [0.2, 0.25) is 0 Å². The second-order valence-electron chi connectivity index (χ2n) is 6.72. The minimum atomic E-state index is -4.88. The summed E-state index contributed by atoms with van der Waals surface area (Å²) in [6.45, 7) is 0.609. The number of fused-ring (bicyclic) bond motifs is 1. The number of hydrogen-bond acceptors (Lipinski definition) is 4. The van der Waals surface area contributed by atoms with Gasteiger partial charge in [0.15, 0.2) is 11.3 Å². The van der Waals surface area contributed by atoms with E-state index in [9.17, 15) is 31.9 Å². The number of rotatable bonds is 4. The lowest BCUT2D eigenvalue weighted by atomic mass is 10.1. The highest BCUT2D eigenvalue weighted by Crippen LogP contribution is 2.32. The first-order valence-electron chi connectivity index (χ1n) is 8.37. The predicted molar refractivity (Wildman–Crippen MR) is 95.1 cm³/mol. The van der Waals surface area contributed by atoms with Crippen molar-refractivity contribution in [1.82, 2.24) is 9.55 Å². The van der Waals surface area contributed by atoms with Crippen molar-refractivity contribution in [3.63, 3.8) is 0 Å². The molecule has 0 spiro atoms. The highest BCUT2D eigenvalue weighted by atomic mass is 19.4. The summed E-state index contributed by atoms with van der Waals surface area (Å²) < 4.78 is 67.6. The summed E-state index contributed by atoms with van der Waals surface area (Å²) in [5.74, 6) is -2.53. The number of nitrogens with zero attached hydrogens (tertiary/aromatic N) is 3. The first-order valence-corrected chi connectivity index (χ1v) is 8.37. The molecule has 0 bridgehead atoms. The molecule has 3 aromatic rings. The van der Waals surface area contributed by atoms with Crippen LogP contribution in [0.1, 0.15) is 18.2 Å². The Morgan fingerprint density at radius 1 is 1.30 bits per heavy atom. The molecule has 6 nitrogen and oxygen atoms in total. The van der Waals surface area contributed by atoms with Crippen molar-refractivity contribution in [1.29, 1.82) is 5.26 Å². The Morgan fingerprint density at radius 3 is 2.63 bits per heavy atom. The number of alkyl halides is 3. The zero-order chi connectivity index (χ0) is 22.3. The molecule has 0 radical (unpaired) electrons. The molecule has 3 rings (SSSR count). The quantitative estimate of drug-likeness (QED) is 0.627. The molecule has 0 aliphatic heterocycles. The van der Waals surface area contributed by atoms with Gasteiger partial charge in [0, 0.05) is 11.6 Å². The third kappa shape index (κ3) is 4.08. The number of pyridine rings is 1. The molecule has 2 aromatic heterocycles. The predicted octanol–water partition coefficient (Wildman–Crippen LogP) is 3.59. The molecule has 0 fully saturated rings. The molecule has 1 unspecified atom stereocenters. The van der Waals surface area contributed by atoms with Crippen LogP contribution in [-0.2, 0) is 17.5 Å². The van der Waals surface area contributed by atoms with E-state index in [1.807, 2.05) is 0 Å². The topological polar surface area (TPSA) is 90.9 Å². The fourth-order valence-corrected chi connectivity index (χ4v) is 2.86. The second kappa shape index (κ2) is 7.38. The highest BCUT2D eigenvalue weighted by Gasteiger charge is 2.36. The number of aliphatic hydroxyl groups is 1. The molecule has 0 saturated carbocycles.